The molecule has 0 radical (unpaired) electrons. The highest BCUT2D eigenvalue weighted by Crippen LogP contribution is 2.20. The van der Waals surface area contributed by atoms with Gasteiger partial charge in [0.1, 0.15) is 13.2 Å². The van der Waals surface area contributed by atoms with Gasteiger partial charge in [-0.2, -0.15) is 0 Å². The van der Waals surface area contributed by atoms with E-state index in [0.717, 1.165) is 70.6 Å². The van der Waals surface area contributed by atoms with Crippen molar-refractivity contribution in [3.63, 3.8) is 0 Å². The van der Waals surface area contributed by atoms with Crippen molar-refractivity contribution < 1.29 is 42.9 Å². The average molecular weight is 1390 g/mol. The number of unbranched alkanes of at least 4 members (excludes halogenated alkanes) is 54. The number of quaternary nitrogens is 1. The predicted molar refractivity (Wildman–Crippen MR) is 426 cm³/mol. The monoisotopic (exact) mass is 1390 g/mol. The Morgan fingerprint density at radius 2 is 0.576 bits per heavy atom. The van der Waals surface area contributed by atoms with Crippen LogP contribution in [0.5, 0.6) is 0 Å². The first-order valence-corrected chi connectivity index (χ1v) is 43.1. The second-order valence-electron chi connectivity index (χ2n) is 30.5. The predicted octanol–water partition coefficient (Wildman–Crippen LogP) is 26.6. The lowest BCUT2D eigenvalue weighted by Gasteiger charge is -2.26. The Morgan fingerprint density at radius 3 is 0.859 bits per heavy atom. The molecule has 0 aliphatic heterocycles. The van der Waals surface area contributed by atoms with Crippen LogP contribution in [0.3, 0.4) is 0 Å². The molecule has 0 fully saturated rings. The molecule has 0 aliphatic carbocycles. The standard InChI is InChI=1S/C90H165NO8/c1-6-8-10-12-14-16-18-20-22-24-26-28-30-32-34-36-38-40-42-44-46-48-50-52-54-56-58-60-62-64-66-68-70-72-74-76-78-80-87(92)97-84-86(85-98-90(89(94)95)96-83-82-91(3,4)5)99-88(93)81-79-77-75-73-71-69-67-65-63-61-59-57-55-53-51-49-47-45-43-41-39-37-35-33-31-29-27-25-23-21-19-17-15-13-11-9-7-2/h9,11,15,17,21,23,27,29,33,35,39,41,86,90H,6-8,10,12-14,16,18-20,22,24-26,28,30-32,34,36-38,40,42-85H2,1-5H3/b11-9-,17-15-,23-21-,29-27-,35-33-,41-39-. The van der Waals surface area contributed by atoms with Crippen molar-refractivity contribution in [1.29, 1.82) is 0 Å². The smallest absolute Gasteiger partial charge is 0.306 e. The van der Waals surface area contributed by atoms with Crippen molar-refractivity contribution in [2.75, 3.05) is 47.5 Å². The lowest BCUT2D eigenvalue weighted by Crippen LogP contribution is -2.44. The van der Waals surface area contributed by atoms with Crippen LogP contribution in [-0.4, -0.2) is 82.3 Å². The number of ether oxygens (including phenoxy) is 4. The maximum Gasteiger partial charge on any atom is 0.306 e. The quantitative estimate of drug-likeness (QED) is 0.0195. The number of carboxylic acid groups (broad SMARTS) is 1. The first kappa shape index (κ1) is 95.7. The van der Waals surface area contributed by atoms with Crippen LogP contribution in [0, 0.1) is 0 Å². The van der Waals surface area contributed by atoms with Gasteiger partial charge in [0, 0.05) is 12.8 Å². The van der Waals surface area contributed by atoms with Gasteiger partial charge in [0.05, 0.1) is 40.3 Å². The summed E-state index contributed by atoms with van der Waals surface area (Å²) in [4.78, 5) is 37.7. The summed E-state index contributed by atoms with van der Waals surface area (Å²) in [6.45, 7) is 4.71. The molecule has 9 heteroatoms. The van der Waals surface area contributed by atoms with Crippen LogP contribution < -0.4 is 5.11 Å². The summed E-state index contributed by atoms with van der Waals surface area (Å²) in [5, 5.41) is 11.9. The van der Waals surface area contributed by atoms with Gasteiger partial charge >= 0.3 is 11.9 Å². The van der Waals surface area contributed by atoms with Crippen molar-refractivity contribution in [3.8, 4) is 0 Å². The summed E-state index contributed by atoms with van der Waals surface area (Å²) in [5.74, 6) is -2.25. The fraction of sp³-hybridized carbons (Fsp3) is 0.833. The molecule has 9 nitrogen and oxygen atoms in total. The molecule has 0 saturated carbocycles. The molecule has 0 amide bonds. The third-order valence-corrected chi connectivity index (χ3v) is 19.5. The molecule has 99 heavy (non-hydrogen) atoms. The minimum atomic E-state index is -1.62. The fourth-order valence-corrected chi connectivity index (χ4v) is 13.0. The molecule has 0 bridgehead atoms. The van der Waals surface area contributed by atoms with Crippen molar-refractivity contribution >= 4 is 17.9 Å². The number of esters is 2. The van der Waals surface area contributed by atoms with Crippen molar-refractivity contribution in [2.45, 2.75) is 437 Å². The molecule has 0 saturated heterocycles. The minimum absolute atomic E-state index is 0.149. The maximum atomic E-state index is 13.0. The maximum absolute atomic E-state index is 13.0. The zero-order valence-electron chi connectivity index (χ0n) is 66.4. The second-order valence-corrected chi connectivity index (χ2v) is 30.5. The number of rotatable bonds is 81. The number of carboxylic acids is 1. The van der Waals surface area contributed by atoms with Crippen LogP contribution in [0.2, 0.25) is 0 Å². The third kappa shape index (κ3) is 81.9. The number of nitrogens with zero attached hydrogens (tertiary/aromatic N) is 1. The SMILES string of the molecule is CC/C=C\C/C=C\C/C=C\C/C=C\C/C=C\C/C=C\CCCCCCCCCCCCCCCCCCCCC(=O)OC(COC(=O)CCCCCCCCCCCCCCCCCCCCCCCCCCCCCCCCCCCCCCC)COC(OCC[N+](C)(C)C)C(=O)[O-]. The largest absolute Gasteiger partial charge is 0.545 e. The van der Waals surface area contributed by atoms with E-state index in [0.29, 0.717) is 23.9 Å². The Morgan fingerprint density at radius 1 is 0.313 bits per heavy atom. The molecule has 0 aromatic carbocycles. The third-order valence-electron chi connectivity index (χ3n) is 19.5. The van der Waals surface area contributed by atoms with Crippen LogP contribution in [-0.2, 0) is 33.3 Å². The summed E-state index contributed by atoms with van der Waals surface area (Å²) >= 11 is 0. The van der Waals surface area contributed by atoms with Gasteiger partial charge in [-0.25, -0.2) is 0 Å². The van der Waals surface area contributed by atoms with Gasteiger partial charge in [-0.3, -0.25) is 9.59 Å². The number of allylic oxidation sites excluding steroid dienone is 12. The number of aliphatic carboxylic acids is 1. The van der Waals surface area contributed by atoms with Crippen molar-refractivity contribution in [1.82, 2.24) is 0 Å². The molecule has 2 unspecified atom stereocenters. The van der Waals surface area contributed by atoms with E-state index in [9.17, 15) is 19.5 Å². The lowest BCUT2D eigenvalue weighted by molar-refractivity contribution is -0.870. The summed E-state index contributed by atoms with van der Waals surface area (Å²) in [6.07, 6.45) is 106. The van der Waals surface area contributed by atoms with E-state index in [1.807, 2.05) is 21.1 Å². The van der Waals surface area contributed by atoms with E-state index in [1.165, 1.54) is 321 Å². The average Bonchev–Trinajstić information content (AvgIpc) is 2.19. The van der Waals surface area contributed by atoms with Crippen LogP contribution in [0.25, 0.3) is 0 Å². The van der Waals surface area contributed by atoms with Gasteiger partial charge in [-0.15, -0.1) is 0 Å². The molecular weight excluding hydrogens is 1220 g/mol. The number of carbonyl (C=O) groups excluding carboxylic acids is 3. The molecule has 0 aliphatic rings. The fourth-order valence-electron chi connectivity index (χ4n) is 13.0. The first-order valence-electron chi connectivity index (χ1n) is 43.1. The number of carbonyl (C=O) groups is 3. The Kier molecular flexibility index (Phi) is 77.8. The molecule has 0 aromatic heterocycles. The molecule has 0 spiro atoms. The van der Waals surface area contributed by atoms with Gasteiger partial charge in [0.2, 0.25) is 0 Å². The van der Waals surface area contributed by atoms with E-state index >= 15 is 0 Å². The van der Waals surface area contributed by atoms with Gasteiger partial charge in [0.25, 0.3) is 0 Å². The molecule has 0 N–H and O–H groups in total. The van der Waals surface area contributed by atoms with Gasteiger partial charge in [-0.05, 0) is 64.2 Å². The van der Waals surface area contributed by atoms with Crippen molar-refractivity contribution in [2.24, 2.45) is 0 Å². The van der Waals surface area contributed by atoms with Gasteiger partial charge < -0.3 is 33.3 Å². The highest BCUT2D eigenvalue weighted by Gasteiger charge is 2.22. The van der Waals surface area contributed by atoms with E-state index < -0.39 is 24.3 Å². The number of likely N-dealkylation sites (N-methyl/N-ethyl adjacent to an activating group) is 1. The number of hydrogen-bond acceptors (Lipinski definition) is 8. The molecule has 0 rings (SSSR count). The lowest BCUT2D eigenvalue weighted by atomic mass is 10.0. The molecule has 0 heterocycles. The summed E-state index contributed by atoms with van der Waals surface area (Å²) < 4.78 is 22.9. The Labute approximate surface area is 615 Å². The van der Waals surface area contributed by atoms with Crippen molar-refractivity contribution in [3.05, 3.63) is 72.9 Å². The van der Waals surface area contributed by atoms with Crippen LogP contribution in [0.1, 0.15) is 425 Å². The van der Waals surface area contributed by atoms with E-state index in [-0.39, 0.29) is 32.2 Å². The topological polar surface area (TPSA) is 111 Å². The summed E-state index contributed by atoms with van der Waals surface area (Å²) in [6, 6.07) is 0. The zero-order valence-corrected chi connectivity index (χ0v) is 66.4. The highest BCUT2D eigenvalue weighted by molar-refractivity contribution is 5.70. The molecular formula is C90H165NO8. The Bertz CT molecular complexity index is 1860. The van der Waals surface area contributed by atoms with Gasteiger partial charge in [-0.1, -0.05) is 421 Å². The Hall–Kier alpha value is -3.27. The van der Waals surface area contributed by atoms with Crippen LogP contribution in [0.4, 0.5) is 0 Å². The minimum Gasteiger partial charge on any atom is -0.545 e. The molecule has 2 atom stereocenters. The highest BCUT2D eigenvalue weighted by atomic mass is 16.7. The van der Waals surface area contributed by atoms with E-state index in [2.05, 4.69) is 86.8 Å². The summed E-state index contributed by atoms with van der Waals surface area (Å²) in [7, 11) is 5.95. The summed E-state index contributed by atoms with van der Waals surface area (Å²) in [5.41, 5.74) is 0. The first-order chi connectivity index (χ1) is 48.6. The second kappa shape index (κ2) is 80.4. The molecule has 578 valence electrons. The Balaban J connectivity index is 3.94. The normalized spacial score (nSPS) is 12.9. The molecule has 0 aromatic rings. The van der Waals surface area contributed by atoms with Crippen LogP contribution in [0.15, 0.2) is 72.9 Å². The van der Waals surface area contributed by atoms with Crippen LogP contribution >= 0.6 is 0 Å². The zero-order chi connectivity index (χ0) is 71.8. The van der Waals surface area contributed by atoms with E-state index in [1.54, 1.807) is 0 Å². The number of hydrogen-bond donors (Lipinski definition) is 0. The van der Waals surface area contributed by atoms with Gasteiger partial charge in [0.15, 0.2) is 12.4 Å². The van der Waals surface area contributed by atoms with E-state index in [4.69, 9.17) is 18.9 Å².